The third-order valence-corrected chi connectivity index (χ3v) is 2.96. The largest absolute Gasteiger partial charge is 0.494 e. The second-order valence-corrected chi connectivity index (χ2v) is 4.55. The molecule has 0 bridgehead atoms. The molecule has 1 aromatic rings. The number of carbonyl (C=O) groups is 2. The number of carboxylic acid groups (broad SMARTS) is 1. The van der Waals surface area contributed by atoms with Crippen molar-refractivity contribution in [2.75, 3.05) is 18.9 Å². The zero-order chi connectivity index (χ0) is 15.7. The number of carbonyl (C=O) groups excluding carboxylic acids is 1. The van der Waals surface area contributed by atoms with Crippen LogP contribution in [-0.2, 0) is 9.59 Å². The number of amides is 1. The van der Waals surface area contributed by atoms with Crippen LogP contribution in [0.1, 0.15) is 18.9 Å². The van der Waals surface area contributed by atoms with Crippen LogP contribution in [-0.4, -0.2) is 35.9 Å². The van der Waals surface area contributed by atoms with E-state index >= 15 is 0 Å². The van der Waals surface area contributed by atoms with Gasteiger partial charge in [-0.1, -0.05) is 12.1 Å². The molecule has 21 heavy (non-hydrogen) atoms. The predicted octanol–water partition coefficient (Wildman–Crippen LogP) is 1.99. The maximum absolute atomic E-state index is 11.9. The van der Waals surface area contributed by atoms with Gasteiger partial charge in [-0.3, -0.25) is 9.59 Å². The highest BCUT2D eigenvalue weighted by molar-refractivity contribution is 7.80. The monoisotopic (exact) mass is 309 g/mol. The number of aliphatic carboxylic acids is 1. The number of hydrogen-bond donors (Lipinski definition) is 3. The summed E-state index contributed by atoms with van der Waals surface area (Å²) >= 11 is 4.13. The molecular weight excluding hydrogens is 290 g/mol. The number of benzene rings is 1. The molecule has 1 amide bonds. The van der Waals surface area contributed by atoms with Gasteiger partial charge in [-0.05, 0) is 30.7 Å². The Bertz CT molecular complexity index is 511. The smallest absolute Gasteiger partial charge is 0.305 e. The number of carboxylic acids is 1. The third-order valence-electron chi connectivity index (χ3n) is 2.62. The topological polar surface area (TPSA) is 75.6 Å². The van der Waals surface area contributed by atoms with Gasteiger partial charge in [0.1, 0.15) is 5.75 Å². The lowest BCUT2D eigenvalue weighted by Gasteiger charge is -2.07. The number of thiol groups is 1. The third kappa shape index (κ3) is 6.35. The molecule has 1 rings (SSSR count). The van der Waals surface area contributed by atoms with E-state index in [0.717, 1.165) is 11.3 Å². The van der Waals surface area contributed by atoms with Crippen molar-refractivity contribution in [3.8, 4) is 5.75 Å². The Labute approximate surface area is 129 Å². The SMILES string of the molecule is CCOc1ccc(C=C(CS)C(=O)NCCC(=O)O)cc1. The molecule has 6 heteroatoms. The van der Waals surface area contributed by atoms with Gasteiger partial charge < -0.3 is 15.2 Å². The van der Waals surface area contributed by atoms with Crippen LogP contribution in [0.3, 0.4) is 0 Å². The fourth-order valence-corrected chi connectivity index (χ4v) is 1.84. The lowest BCUT2D eigenvalue weighted by atomic mass is 10.1. The lowest BCUT2D eigenvalue weighted by molar-refractivity contribution is -0.136. The Morgan fingerprint density at radius 1 is 1.33 bits per heavy atom. The fourth-order valence-electron chi connectivity index (χ4n) is 1.61. The lowest BCUT2D eigenvalue weighted by Crippen LogP contribution is -2.27. The van der Waals surface area contributed by atoms with Crippen molar-refractivity contribution >= 4 is 30.6 Å². The maximum atomic E-state index is 11.9. The van der Waals surface area contributed by atoms with E-state index in [9.17, 15) is 9.59 Å². The highest BCUT2D eigenvalue weighted by Crippen LogP contribution is 2.15. The summed E-state index contributed by atoms with van der Waals surface area (Å²) in [5, 5.41) is 11.1. The average Bonchev–Trinajstić information content (AvgIpc) is 2.46. The molecule has 0 spiro atoms. The van der Waals surface area contributed by atoms with Gasteiger partial charge in [0, 0.05) is 17.9 Å². The minimum atomic E-state index is -0.946. The molecule has 1 aromatic carbocycles. The highest BCUT2D eigenvalue weighted by atomic mass is 32.1. The molecule has 0 aliphatic heterocycles. The summed E-state index contributed by atoms with van der Waals surface area (Å²) in [4.78, 5) is 22.3. The van der Waals surface area contributed by atoms with Gasteiger partial charge in [0.2, 0.25) is 5.91 Å². The van der Waals surface area contributed by atoms with Crippen LogP contribution in [0.4, 0.5) is 0 Å². The first kappa shape index (κ1) is 17.1. The molecule has 0 heterocycles. The standard InChI is InChI=1S/C15H19NO4S/c1-2-20-13-5-3-11(4-6-13)9-12(10-21)15(19)16-8-7-14(17)18/h3-6,9,21H,2,7-8,10H2,1H3,(H,16,19)(H,17,18). The van der Waals surface area contributed by atoms with E-state index in [-0.39, 0.29) is 24.6 Å². The van der Waals surface area contributed by atoms with Gasteiger partial charge in [-0.2, -0.15) is 12.6 Å². The van der Waals surface area contributed by atoms with Crippen LogP contribution in [0, 0.1) is 0 Å². The van der Waals surface area contributed by atoms with Crippen molar-refractivity contribution in [3.05, 3.63) is 35.4 Å². The summed E-state index contributed by atoms with van der Waals surface area (Å²) in [6.07, 6.45) is 1.62. The molecule has 114 valence electrons. The minimum Gasteiger partial charge on any atom is -0.494 e. The van der Waals surface area contributed by atoms with E-state index in [0.29, 0.717) is 12.2 Å². The molecule has 0 aliphatic carbocycles. The van der Waals surface area contributed by atoms with E-state index < -0.39 is 5.97 Å². The fraction of sp³-hybridized carbons (Fsp3) is 0.333. The Hall–Kier alpha value is -1.95. The Morgan fingerprint density at radius 3 is 2.52 bits per heavy atom. The van der Waals surface area contributed by atoms with E-state index in [2.05, 4.69) is 17.9 Å². The van der Waals surface area contributed by atoms with Crippen molar-refractivity contribution in [3.63, 3.8) is 0 Å². The summed E-state index contributed by atoms with van der Waals surface area (Å²) in [6, 6.07) is 7.35. The van der Waals surface area contributed by atoms with Gasteiger partial charge >= 0.3 is 5.97 Å². The molecule has 0 aromatic heterocycles. The molecule has 0 aliphatic rings. The second-order valence-electron chi connectivity index (χ2n) is 4.23. The molecule has 0 radical (unpaired) electrons. The van der Waals surface area contributed by atoms with Gasteiger partial charge in [-0.25, -0.2) is 0 Å². The zero-order valence-corrected chi connectivity index (χ0v) is 12.7. The van der Waals surface area contributed by atoms with E-state index in [1.165, 1.54) is 0 Å². The molecule has 0 saturated heterocycles. The molecule has 0 unspecified atom stereocenters. The van der Waals surface area contributed by atoms with Gasteiger partial charge in [0.25, 0.3) is 0 Å². The highest BCUT2D eigenvalue weighted by Gasteiger charge is 2.08. The summed E-state index contributed by atoms with van der Waals surface area (Å²) in [6.45, 7) is 2.61. The summed E-state index contributed by atoms with van der Waals surface area (Å²) in [7, 11) is 0. The van der Waals surface area contributed by atoms with Crippen molar-refractivity contribution in [2.45, 2.75) is 13.3 Å². The van der Waals surface area contributed by atoms with E-state index in [4.69, 9.17) is 9.84 Å². The first-order chi connectivity index (χ1) is 10.1. The number of rotatable bonds is 8. The summed E-state index contributed by atoms with van der Waals surface area (Å²) < 4.78 is 5.34. The molecule has 0 saturated carbocycles. The number of hydrogen-bond acceptors (Lipinski definition) is 4. The van der Waals surface area contributed by atoms with E-state index in [1.807, 2.05) is 31.2 Å². The molecule has 5 nitrogen and oxygen atoms in total. The molecular formula is C15H19NO4S. The van der Waals surface area contributed by atoms with Crippen LogP contribution < -0.4 is 10.1 Å². The Kier molecular flexibility index (Phi) is 7.39. The van der Waals surface area contributed by atoms with Crippen molar-refractivity contribution < 1.29 is 19.4 Å². The van der Waals surface area contributed by atoms with Gasteiger partial charge in [0.05, 0.1) is 13.0 Å². The zero-order valence-electron chi connectivity index (χ0n) is 11.8. The normalized spacial score (nSPS) is 11.0. The van der Waals surface area contributed by atoms with Crippen LogP contribution in [0.2, 0.25) is 0 Å². The first-order valence-electron chi connectivity index (χ1n) is 6.61. The van der Waals surface area contributed by atoms with Gasteiger partial charge in [0.15, 0.2) is 0 Å². The van der Waals surface area contributed by atoms with Crippen LogP contribution in [0.25, 0.3) is 6.08 Å². The van der Waals surface area contributed by atoms with Crippen LogP contribution >= 0.6 is 12.6 Å². The number of nitrogens with one attached hydrogen (secondary N) is 1. The summed E-state index contributed by atoms with van der Waals surface area (Å²) in [5.74, 6) is -0.210. The predicted molar refractivity (Wildman–Crippen MR) is 84.7 cm³/mol. The van der Waals surface area contributed by atoms with Gasteiger partial charge in [-0.15, -0.1) is 0 Å². The van der Waals surface area contributed by atoms with Crippen molar-refractivity contribution in [1.29, 1.82) is 0 Å². The Balaban J connectivity index is 2.68. The molecule has 0 fully saturated rings. The summed E-state index contributed by atoms with van der Waals surface area (Å²) in [5.41, 5.74) is 1.34. The molecule has 0 atom stereocenters. The Morgan fingerprint density at radius 2 is 2.00 bits per heavy atom. The van der Waals surface area contributed by atoms with Crippen LogP contribution in [0.15, 0.2) is 29.8 Å². The van der Waals surface area contributed by atoms with Crippen molar-refractivity contribution in [2.24, 2.45) is 0 Å². The average molecular weight is 309 g/mol. The molecule has 2 N–H and O–H groups in total. The first-order valence-corrected chi connectivity index (χ1v) is 7.24. The number of ether oxygens (including phenoxy) is 1. The maximum Gasteiger partial charge on any atom is 0.305 e. The van der Waals surface area contributed by atoms with E-state index in [1.54, 1.807) is 6.08 Å². The minimum absolute atomic E-state index is 0.0998. The second kappa shape index (κ2) is 9.07. The van der Waals surface area contributed by atoms with Crippen LogP contribution in [0.5, 0.6) is 5.75 Å². The van der Waals surface area contributed by atoms with Crippen molar-refractivity contribution in [1.82, 2.24) is 5.32 Å². The quantitative estimate of drug-likeness (QED) is 0.507.